The monoisotopic (exact) mass is 209 g/mol. The molecule has 2 nitrogen and oxygen atoms in total. The molecule has 1 saturated carbocycles. The topological polar surface area (TPSA) is 46.2 Å². The Bertz CT molecular complexity index is 323. The molecule has 0 radical (unpaired) electrons. The Morgan fingerprint density at radius 2 is 2.36 bits per heavy atom. The Kier molecular flexibility index (Phi) is 2.89. The Hall–Kier alpha value is -0.800. The van der Waals surface area contributed by atoms with Gasteiger partial charge in [0.15, 0.2) is 0 Å². The van der Waals surface area contributed by atoms with E-state index in [9.17, 15) is 5.11 Å². The average molecular weight is 209 g/mol. The molecule has 76 valence electrons. The molecule has 3 N–H and O–H groups in total. The summed E-state index contributed by atoms with van der Waals surface area (Å²) in [6, 6.07) is 2.04. The number of nitrogens with two attached hydrogens (primary N) is 1. The van der Waals surface area contributed by atoms with Crippen LogP contribution >= 0.6 is 11.3 Å². The van der Waals surface area contributed by atoms with Crippen LogP contribution in [0, 0.1) is 0 Å². The number of thiophene rings is 1. The summed E-state index contributed by atoms with van der Waals surface area (Å²) in [5.74, 6) is 0.550. The molecule has 1 fully saturated rings. The number of hydrogen-bond donors (Lipinski definition) is 2. The maximum absolute atomic E-state index is 10.0. The Balaban J connectivity index is 2.21. The standard InChI is InChI=1S/C11H15NOS/c12-6-10(9-4-5-14-7-9)11(13)8-2-1-3-8/h4-5,7,10,13H,1-3,6,12H2. The number of rotatable bonds is 3. The molecular weight excluding hydrogens is 194 g/mol. The quantitative estimate of drug-likeness (QED) is 0.752. The average Bonchev–Trinajstić information content (AvgIpc) is 2.55. The van der Waals surface area contributed by atoms with E-state index in [1.54, 1.807) is 11.3 Å². The summed E-state index contributed by atoms with van der Waals surface area (Å²) in [6.45, 7) is 0.492. The molecule has 1 heterocycles. The molecule has 1 unspecified atom stereocenters. The lowest BCUT2D eigenvalue weighted by atomic mass is 9.86. The summed E-state index contributed by atoms with van der Waals surface area (Å²) in [5.41, 5.74) is 8.04. The maximum atomic E-state index is 10.0. The molecule has 1 aromatic rings. The molecule has 0 aromatic carbocycles. The molecule has 1 aliphatic carbocycles. The minimum absolute atomic E-state index is 0.0246. The summed E-state index contributed by atoms with van der Waals surface area (Å²) in [4.78, 5) is 0. The van der Waals surface area contributed by atoms with Gasteiger partial charge in [-0.25, -0.2) is 0 Å². The molecular formula is C11H15NOS. The van der Waals surface area contributed by atoms with E-state index in [0.717, 1.165) is 18.4 Å². The summed E-state index contributed by atoms with van der Waals surface area (Å²) < 4.78 is 0. The SMILES string of the molecule is NCC(C(O)=C1CCC1)c1ccsc1. The van der Waals surface area contributed by atoms with Crippen molar-refractivity contribution in [2.45, 2.75) is 25.2 Å². The summed E-state index contributed by atoms with van der Waals surface area (Å²) >= 11 is 1.65. The highest BCUT2D eigenvalue weighted by Crippen LogP contribution is 2.34. The van der Waals surface area contributed by atoms with E-state index in [1.165, 1.54) is 12.0 Å². The second-order valence-electron chi connectivity index (χ2n) is 3.69. The van der Waals surface area contributed by atoms with Crippen molar-refractivity contribution in [1.29, 1.82) is 0 Å². The van der Waals surface area contributed by atoms with Crippen LogP contribution in [-0.4, -0.2) is 11.7 Å². The molecule has 0 spiro atoms. The minimum Gasteiger partial charge on any atom is -0.512 e. The van der Waals surface area contributed by atoms with Crippen LogP contribution in [0.4, 0.5) is 0 Å². The zero-order valence-electron chi connectivity index (χ0n) is 8.07. The van der Waals surface area contributed by atoms with Crippen molar-refractivity contribution in [1.82, 2.24) is 0 Å². The third-order valence-electron chi connectivity index (χ3n) is 2.83. The summed E-state index contributed by atoms with van der Waals surface area (Å²) in [5, 5.41) is 14.1. The van der Waals surface area contributed by atoms with Gasteiger partial charge in [-0.1, -0.05) is 0 Å². The molecule has 1 aliphatic rings. The van der Waals surface area contributed by atoms with Crippen LogP contribution in [0.15, 0.2) is 28.2 Å². The van der Waals surface area contributed by atoms with E-state index in [0.29, 0.717) is 12.3 Å². The van der Waals surface area contributed by atoms with Crippen LogP contribution in [0.2, 0.25) is 0 Å². The molecule has 0 amide bonds. The van der Waals surface area contributed by atoms with Crippen molar-refractivity contribution in [3.8, 4) is 0 Å². The first kappa shape index (κ1) is 9.74. The van der Waals surface area contributed by atoms with E-state index < -0.39 is 0 Å². The van der Waals surface area contributed by atoms with Gasteiger partial charge in [0, 0.05) is 6.54 Å². The van der Waals surface area contributed by atoms with Crippen LogP contribution in [0.5, 0.6) is 0 Å². The van der Waals surface area contributed by atoms with E-state index >= 15 is 0 Å². The van der Waals surface area contributed by atoms with Gasteiger partial charge in [0.05, 0.1) is 5.92 Å². The van der Waals surface area contributed by atoms with Crippen LogP contribution in [0.3, 0.4) is 0 Å². The lowest BCUT2D eigenvalue weighted by Gasteiger charge is -2.23. The molecule has 0 aliphatic heterocycles. The van der Waals surface area contributed by atoms with E-state index in [2.05, 4.69) is 5.38 Å². The highest BCUT2D eigenvalue weighted by atomic mass is 32.1. The Labute approximate surface area is 88.1 Å². The second kappa shape index (κ2) is 4.15. The second-order valence-corrected chi connectivity index (χ2v) is 4.47. The first-order valence-corrected chi connectivity index (χ1v) is 5.90. The Morgan fingerprint density at radius 3 is 2.79 bits per heavy atom. The lowest BCUT2D eigenvalue weighted by molar-refractivity contribution is 0.347. The first-order valence-electron chi connectivity index (χ1n) is 4.96. The molecule has 1 aromatic heterocycles. The van der Waals surface area contributed by atoms with E-state index in [4.69, 9.17) is 5.73 Å². The third kappa shape index (κ3) is 1.70. The highest BCUT2D eigenvalue weighted by Gasteiger charge is 2.22. The summed E-state index contributed by atoms with van der Waals surface area (Å²) in [7, 11) is 0. The van der Waals surface area contributed by atoms with Gasteiger partial charge in [-0.05, 0) is 47.2 Å². The van der Waals surface area contributed by atoms with Gasteiger partial charge in [-0.2, -0.15) is 11.3 Å². The fourth-order valence-corrected chi connectivity index (χ4v) is 2.45. The zero-order chi connectivity index (χ0) is 9.97. The predicted octanol–water partition coefficient (Wildman–Crippen LogP) is 2.79. The van der Waals surface area contributed by atoms with Crippen molar-refractivity contribution < 1.29 is 5.11 Å². The largest absolute Gasteiger partial charge is 0.512 e. The van der Waals surface area contributed by atoms with Crippen molar-refractivity contribution in [2.75, 3.05) is 6.54 Å². The fraction of sp³-hybridized carbons (Fsp3) is 0.455. The van der Waals surface area contributed by atoms with Crippen LogP contribution in [0.25, 0.3) is 0 Å². The lowest BCUT2D eigenvalue weighted by Crippen LogP contribution is -2.17. The normalized spacial score (nSPS) is 17.6. The van der Waals surface area contributed by atoms with Crippen molar-refractivity contribution >= 4 is 11.3 Å². The number of hydrogen-bond acceptors (Lipinski definition) is 3. The van der Waals surface area contributed by atoms with Gasteiger partial charge in [0.2, 0.25) is 0 Å². The smallest absolute Gasteiger partial charge is 0.100 e. The van der Waals surface area contributed by atoms with Gasteiger partial charge >= 0.3 is 0 Å². The van der Waals surface area contributed by atoms with Crippen molar-refractivity contribution in [3.05, 3.63) is 33.7 Å². The molecule has 0 bridgehead atoms. The van der Waals surface area contributed by atoms with Crippen LogP contribution < -0.4 is 5.73 Å². The number of aliphatic hydroxyl groups excluding tert-OH is 1. The predicted molar refractivity (Wildman–Crippen MR) is 59.6 cm³/mol. The van der Waals surface area contributed by atoms with Crippen molar-refractivity contribution in [2.24, 2.45) is 5.73 Å². The van der Waals surface area contributed by atoms with Crippen LogP contribution in [0.1, 0.15) is 30.7 Å². The zero-order valence-corrected chi connectivity index (χ0v) is 8.89. The van der Waals surface area contributed by atoms with Crippen LogP contribution in [-0.2, 0) is 0 Å². The molecule has 14 heavy (non-hydrogen) atoms. The first-order chi connectivity index (χ1) is 6.83. The summed E-state index contributed by atoms with van der Waals surface area (Å²) in [6.07, 6.45) is 3.30. The Morgan fingerprint density at radius 1 is 1.57 bits per heavy atom. The molecule has 1 atom stereocenters. The van der Waals surface area contributed by atoms with E-state index in [-0.39, 0.29) is 5.92 Å². The van der Waals surface area contributed by atoms with Gasteiger partial charge in [-0.3, -0.25) is 0 Å². The number of aliphatic hydroxyl groups is 1. The number of allylic oxidation sites excluding steroid dienone is 1. The van der Waals surface area contributed by atoms with E-state index in [1.807, 2.05) is 11.4 Å². The van der Waals surface area contributed by atoms with Gasteiger partial charge in [0.1, 0.15) is 5.76 Å². The van der Waals surface area contributed by atoms with Crippen molar-refractivity contribution in [3.63, 3.8) is 0 Å². The third-order valence-corrected chi connectivity index (χ3v) is 3.53. The molecule has 3 heteroatoms. The molecule has 0 saturated heterocycles. The highest BCUT2D eigenvalue weighted by molar-refractivity contribution is 7.08. The van der Waals surface area contributed by atoms with Gasteiger partial charge in [-0.15, -0.1) is 0 Å². The maximum Gasteiger partial charge on any atom is 0.100 e. The molecule has 2 rings (SSSR count). The van der Waals surface area contributed by atoms with Gasteiger partial charge in [0.25, 0.3) is 0 Å². The van der Waals surface area contributed by atoms with Gasteiger partial charge < -0.3 is 10.8 Å². The minimum atomic E-state index is 0.0246. The fourth-order valence-electron chi connectivity index (χ4n) is 1.73.